The number of carbonyl (C=O) groups is 4. The number of hydrogen-bond acceptors (Lipinski definition) is 7. The van der Waals surface area contributed by atoms with Gasteiger partial charge in [-0.3, -0.25) is 24.1 Å². The van der Waals surface area contributed by atoms with Crippen LogP contribution in [0.5, 0.6) is 0 Å². The second-order valence-electron chi connectivity index (χ2n) is 12.6. The average Bonchev–Trinajstić information content (AvgIpc) is 2.99. The van der Waals surface area contributed by atoms with Crippen LogP contribution in [0.2, 0.25) is 0 Å². The van der Waals surface area contributed by atoms with Crippen molar-refractivity contribution in [2.45, 2.75) is 91.0 Å². The number of carbonyl (C=O) groups excluding carboxylic acids is 4. The highest BCUT2D eigenvalue weighted by atomic mass is 32.2. The van der Waals surface area contributed by atoms with Crippen LogP contribution >= 0.6 is 11.8 Å². The molecule has 1 N–H and O–H groups in total. The normalized spacial score (nSPS) is 31.3. The van der Waals surface area contributed by atoms with Crippen LogP contribution in [0.3, 0.4) is 0 Å². The lowest BCUT2D eigenvalue weighted by Crippen LogP contribution is -2.46. The standard InChI is InChI=1S/C28H41NO6S/c1-17(30)29-21(5-8-36-4)25(33)24(26(29)34)22(31)15-27(2,3)16-23(32)35-7-6-28-12-18-9-19(13-28)11-20(10-18)14-28/h18-21,33H,5-16H2,1-4H3. The molecule has 2 amide bonds. The van der Waals surface area contributed by atoms with Gasteiger partial charge in [0.2, 0.25) is 5.91 Å². The van der Waals surface area contributed by atoms with E-state index in [0.717, 1.165) is 29.1 Å². The molecule has 4 saturated carbocycles. The second kappa shape index (κ2) is 10.5. The minimum absolute atomic E-state index is 0.0498. The van der Waals surface area contributed by atoms with Crippen molar-refractivity contribution in [3.8, 4) is 0 Å². The first kappa shape index (κ1) is 27.2. The molecule has 1 heterocycles. The zero-order chi connectivity index (χ0) is 26.3. The van der Waals surface area contributed by atoms with E-state index in [1.807, 2.05) is 6.26 Å². The lowest BCUT2D eigenvalue weighted by Gasteiger charge is -2.57. The molecule has 5 rings (SSSR count). The number of ketones is 1. The number of thioether (sulfide) groups is 1. The van der Waals surface area contributed by atoms with E-state index < -0.39 is 29.1 Å². The predicted molar refractivity (Wildman–Crippen MR) is 138 cm³/mol. The molecular weight excluding hydrogens is 478 g/mol. The summed E-state index contributed by atoms with van der Waals surface area (Å²) >= 11 is 1.53. The van der Waals surface area contributed by atoms with E-state index in [9.17, 15) is 24.3 Å². The maximum atomic E-state index is 13.1. The number of ether oxygens (including phenoxy) is 1. The van der Waals surface area contributed by atoms with Gasteiger partial charge in [-0.05, 0) is 92.0 Å². The summed E-state index contributed by atoms with van der Waals surface area (Å²) in [6.07, 6.45) is 11.2. The fraction of sp³-hybridized carbons (Fsp3) is 0.786. The van der Waals surface area contributed by atoms with Gasteiger partial charge in [0.05, 0.1) is 19.1 Å². The minimum atomic E-state index is -0.806. The summed E-state index contributed by atoms with van der Waals surface area (Å²) in [6, 6.07) is -0.806. The average molecular weight is 520 g/mol. The van der Waals surface area contributed by atoms with Crippen LogP contribution in [0.4, 0.5) is 0 Å². The topological polar surface area (TPSA) is 101 Å². The van der Waals surface area contributed by atoms with Crippen molar-refractivity contribution >= 4 is 35.3 Å². The van der Waals surface area contributed by atoms with E-state index in [0.29, 0.717) is 24.2 Å². The van der Waals surface area contributed by atoms with Crippen LogP contribution in [-0.2, 0) is 23.9 Å². The van der Waals surface area contributed by atoms with Crippen molar-refractivity contribution in [2.24, 2.45) is 28.6 Å². The molecular formula is C28H41NO6S. The Balaban J connectivity index is 1.30. The molecule has 0 aromatic carbocycles. The third kappa shape index (κ3) is 5.68. The van der Waals surface area contributed by atoms with Crippen LogP contribution in [0.25, 0.3) is 0 Å². The van der Waals surface area contributed by atoms with Crippen LogP contribution in [-0.4, -0.2) is 58.2 Å². The molecule has 8 heteroatoms. The first-order valence-corrected chi connectivity index (χ1v) is 14.8. The number of amides is 2. The Hall–Kier alpha value is -1.83. The number of aliphatic hydroxyl groups is 1. The summed E-state index contributed by atoms with van der Waals surface area (Å²) in [5.41, 5.74) is -0.719. The predicted octanol–water partition coefficient (Wildman–Crippen LogP) is 4.83. The van der Waals surface area contributed by atoms with Gasteiger partial charge in [-0.15, -0.1) is 0 Å². The Kier molecular flexibility index (Phi) is 7.94. The molecule has 4 aliphatic carbocycles. The monoisotopic (exact) mass is 519 g/mol. The molecule has 4 bridgehead atoms. The third-order valence-corrected chi connectivity index (χ3v) is 9.50. The van der Waals surface area contributed by atoms with Gasteiger partial charge in [0.15, 0.2) is 5.78 Å². The van der Waals surface area contributed by atoms with Gasteiger partial charge < -0.3 is 9.84 Å². The lowest BCUT2D eigenvalue weighted by atomic mass is 9.49. The van der Waals surface area contributed by atoms with Crippen LogP contribution in [0.15, 0.2) is 11.3 Å². The molecule has 1 aliphatic heterocycles. The van der Waals surface area contributed by atoms with E-state index in [1.165, 1.54) is 57.2 Å². The number of rotatable bonds is 11. The Labute approximate surface area is 218 Å². The van der Waals surface area contributed by atoms with E-state index in [4.69, 9.17) is 4.74 Å². The molecule has 0 saturated heterocycles. The van der Waals surface area contributed by atoms with Gasteiger partial charge >= 0.3 is 5.97 Å². The van der Waals surface area contributed by atoms with Crippen LogP contribution in [0, 0.1) is 28.6 Å². The van der Waals surface area contributed by atoms with Crippen molar-refractivity contribution in [1.82, 2.24) is 4.90 Å². The summed E-state index contributed by atoms with van der Waals surface area (Å²) in [4.78, 5) is 51.7. The Bertz CT molecular complexity index is 918. The third-order valence-electron chi connectivity index (χ3n) is 8.85. The molecule has 0 radical (unpaired) electrons. The van der Waals surface area contributed by atoms with Crippen molar-refractivity contribution in [3.63, 3.8) is 0 Å². The van der Waals surface area contributed by atoms with Gasteiger partial charge in [-0.2, -0.15) is 11.8 Å². The quantitative estimate of drug-likeness (QED) is 0.308. The molecule has 5 aliphatic rings. The fourth-order valence-corrected chi connectivity index (χ4v) is 8.24. The highest BCUT2D eigenvalue weighted by Crippen LogP contribution is 2.61. The van der Waals surface area contributed by atoms with Gasteiger partial charge in [0, 0.05) is 13.3 Å². The van der Waals surface area contributed by atoms with Crippen LogP contribution < -0.4 is 0 Å². The Morgan fingerprint density at radius 1 is 1.08 bits per heavy atom. The van der Waals surface area contributed by atoms with Crippen LogP contribution in [0.1, 0.15) is 85.0 Å². The van der Waals surface area contributed by atoms with E-state index in [1.54, 1.807) is 13.8 Å². The van der Waals surface area contributed by atoms with E-state index >= 15 is 0 Å². The lowest BCUT2D eigenvalue weighted by molar-refractivity contribution is -0.148. The number of esters is 1. The summed E-state index contributed by atoms with van der Waals surface area (Å²) in [7, 11) is 0. The number of Topliss-reactive ketones (excluding diaryl/α,β-unsaturated/α-hetero) is 1. The van der Waals surface area contributed by atoms with Crippen molar-refractivity contribution in [3.05, 3.63) is 11.3 Å². The molecule has 0 aromatic rings. The van der Waals surface area contributed by atoms with E-state index in [-0.39, 0.29) is 30.1 Å². The summed E-state index contributed by atoms with van der Waals surface area (Å²) < 4.78 is 5.64. The fourth-order valence-electron chi connectivity index (χ4n) is 7.79. The second-order valence-corrected chi connectivity index (χ2v) is 13.6. The molecule has 36 heavy (non-hydrogen) atoms. The Morgan fingerprint density at radius 3 is 2.19 bits per heavy atom. The number of nitrogens with zero attached hydrogens (tertiary/aromatic N) is 1. The maximum absolute atomic E-state index is 13.1. The molecule has 4 fully saturated rings. The molecule has 200 valence electrons. The highest BCUT2D eigenvalue weighted by molar-refractivity contribution is 7.98. The Morgan fingerprint density at radius 2 is 1.67 bits per heavy atom. The molecule has 0 aromatic heterocycles. The van der Waals surface area contributed by atoms with Gasteiger partial charge in [-0.1, -0.05) is 13.8 Å². The summed E-state index contributed by atoms with van der Waals surface area (Å²) in [5, 5.41) is 10.7. The molecule has 1 unspecified atom stereocenters. The summed E-state index contributed by atoms with van der Waals surface area (Å²) in [6.45, 7) is 5.25. The first-order valence-electron chi connectivity index (χ1n) is 13.4. The highest BCUT2D eigenvalue weighted by Gasteiger charge is 2.50. The van der Waals surface area contributed by atoms with Crippen molar-refractivity contribution < 1.29 is 29.0 Å². The van der Waals surface area contributed by atoms with E-state index in [2.05, 4.69) is 0 Å². The molecule has 7 nitrogen and oxygen atoms in total. The first-order chi connectivity index (χ1) is 16.9. The number of aliphatic hydroxyl groups excluding tert-OH is 1. The number of hydrogen-bond donors (Lipinski definition) is 1. The van der Waals surface area contributed by atoms with Gasteiger partial charge in [-0.25, -0.2) is 0 Å². The summed E-state index contributed by atoms with van der Waals surface area (Å²) in [5.74, 6) is 0.767. The zero-order valence-electron chi connectivity index (χ0n) is 22.1. The van der Waals surface area contributed by atoms with Gasteiger partial charge in [0.1, 0.15) is 11.3 Å². The van der Waals surface area contributed by atoms with Crippen molar-refractivity contribution in [1.29, 1.82) is 0 Å². The number of imide groups is 1. The largest absolute Gasteiger partial charge is 0.509 e. The maximum Gasteiger partial charge on any atom is 0.306 e. The smallest absolute Gasteiger partial charge is 0.306 e. The zero-order valence-corrected chi connectivity index (χ0v) is 23.0. The van der Waals surface area contributed by atoms with Gasteiger partial charge in [0.25, 0.3) is 5.91 Å². The van der Waals surface area contributed by atoms with Crippen molar-refractivity contribution in [2.75, 3.05) is 18.6 Å². The molecule has 1 atom stereocenters. The SMILES string of the molecule is CSCCC1C(O)=C(C(=O)CC(C)(C)CC(=O)OCCC23CC4CC(CC(C4)C2)C3)C(=O)N1C(C)=O. The molecule has 0 spiro atoms. The minimum Gasteiger partial charge on any atom is -0.509 e.